The minimum absolute atomic E-state index is 0.182. The molecule has 2 heterocycles. The fraction of sp³-hybridized carbons (Fsp3) is 0.625. The van der Waals surface area contributed by atoms with Crippen molar-refractivity contribution in [3.63, 3.8) is 0 Å². The molecule has 0 radical (unpaired) electrons. The Morgan fingerprint density at radius 3 is 2.68 bits per heavy atom. The molecular formula is C16H26N3O5S+. The molecular weight excluding hydrogens is 346 g/mol. The Hall–Kier alpha value is -1.71. The van der Waals surface area contributed by atoms with E-state index in [0.717, 1.165) is 31.6 Å². The summed E-state index contributed by atoms with van der Waals surface area (Å²) in [4.78, 5) is 14.2. The molecule has 0 unspecified atom stereocenters. The van der Waals surface area contributed by atoms with Crippen molar-refractivity contribution in [3.05, 3.63) is 18.3 Å². The second-order valence-electron chi connectivity index (χ2n) is 5.77. The van der Waals surface area contributed by atoms with E-state index in [1.807, 2.05) is 0 Å². The number of anilines is 1. The predicted octanol–water partition coefficient (Wildman–Crippen LogP) is 0.667. The van der Waals surface area contributed by atoms with Crippen LogP contribution in [-0.4, -0.2) is 58.7 Å². The van der Waals surface area contributed by atoms with Crippen molar-refractivity contribution in [2.45, 2.75) is 30.6 Å². The van der Waals surface area contributed by atoms with Crippen molar-refractivity contribution in [2.75, 3.05) is 45.3 Å². The number of H-pyrrole nitrogens is 1. The van der Waals surface area contributed by atoms with Crippen LogP contribution < -0.4 is 10.3 Å². The van der Waals surface area contributed by atoms with Gasteiger partial charge in [0.15, 0.2) is 0 Å². The van der Waals surface area contributed by atoms with Gasteiger partial charge in [-0.15, -0.1) is 0 Å². The number of aromatic nitrogens is 1. The van der Waals surface area contributed by atoms with Gasteiger partial charge in [0.25, 0.3) is 5.82 Å². The van der Waals surface area contributed by atoms with Crippen LogP contribution in [0.2, 0.25) is 0 Å². The van der Waals surface area contributed by atoms with Crippen molar-refractivity contribution in [1.29, 1.82) is 0 Å². The molecule has 1 saturated heterocycles. The number of ether oxygens (including phenoxy) is 2. The number of nitrogens with zero attached hydrogens (tertiary/aromatic N) is 1. The maximum atomic E-state index is 12.5. The number of carbonyl (C=O) groups excluding carboxylic acids is 1. The zero-order chi connectivity index (χ0) is 18.1. The van der Waals surface area contributed by atoms with Crippen LogP contribution in [0, 0.1) is 0 Å². The molecule has 25 heavy (non-hydrogen) atoms. The number of methoxy groups -OCH3 is 1. The van der Waals surface area contributed by atoms with Crippen LogP contribution in [0.15, 0.2) is 23.2 Å². The van der Waals surface area contributed by atoms with Gasteiger partial charge < -0.3 is 9.47 Å². The minimum Gasteiger partial charge on any atom is -0.469 e. The Morgan fingerprint density at radius 2 is 2.04 bits per heavy atom. The lowest BCUT2D eigenvalue weighted by molar-refractivity contribution is -0.364. The molecule has 1 aliphatic rings. The van der Waals surface area contributed by atoms with Crippen molar-refractivity contribution < 1.29 is 27.7 Å². The summed E-state index contributed by atoms with van der Waals surface area (Å²) in [7, 11) is -2.08. The first-order valence-electron chi connectivity index (χ1n) is 8.44. The first kappa shape index (κ1) is 19.6. The summed E-state index contributed by atoms with van der Waals surface area (Å²) in [6.45, 7) is 2.37. The zero-order valence-electron chi connectivity index (χ0n) is 14.5. The Balaban J connectivity index is 1.77. The zero-order valence-corrected chi connectivity index (χ0v) is 15.3. The van der Waals surface area contributed by atoms with Crippen LogP contribution in [0.4, 0.5) is 5.82 Å². The first-order valence-corrected chi connectivity index (χ1v) is 9.88. The van der Waals surface area contributed by atoms with Crippen LogP contribution in [0.5, 0.6) is 0 Å². The molecule has 2 rings (SSSR count). The Bertz CT molecular complexity index is 642. The van der Waals surface area contributed by atoms with E-state index in [1.54, 1.807) is 12.1 Å². The fourth-order valence-corrected chi connectivity index (χ4v) is 3.89. The molecule has 0 spiro atoms. The predicted molar refractivity (Wildman–Crippen MR) is 91.5 cm³/mol. The van der Waals surface area contributed by atoms with E-state index in [9.17, 15) is 13.2 Å². The summed E-state index contributed by atoms with van der Waals surface area (Å²) >= 11 is 0. The molecule has 0 amide bonds. The molecule has 1 aliphatic heterocycles. The third kappa shape index (κ3) is 5.94. The van der Waals surface area contributed by atoms with Crippen LogP contribution in [-0.2, 0) is 24.3 Å². The summed E-state index contributed by atoms with van der Waals surface area (Å²) in [6, 6.07) is 3.32. The summed E-state index contributed by atoms with van der Waals surface area (Å²) in [6.07, 6.45) is 4.58. The molecule has 0 bridgehead atoms. The van der Waals surface area contributed by atoms with Gasteiger partial charge in [-0.05, 0) is 25.3 Å². The molecule has 1 aromatic heterocycles. The minimum atomic E-state index is -3.47. The molecule has 9 heteroatoms. The number of unbranched alkanes of at least 4 members (excludes halogenated alkanes) is 2. The van der Waals surface area contributed by atoms with Crippen molar-refractivity contribution >= 4 is 21.8 Å². The van der Waals surface area contributed by atoms with Crippen LogP contribution in [0.1, 0.15) is 25.7 Å². The standard InChI is InChI=1S/C16H25N3O5S/c1-23-16(20)5-3-2-4-8-17-15-7-6-14(13-18-15)25(21,22)19-9-11-24-12-10-19/h6-7,13H,2-5,8-12H2,1H3,(H,17,18)/p+1. The lowest BCUT2D eigenvalue weighted by atomic mass is 10.2. The maximum absolute atomic E-state index is 12.5. The lowest BCUT2D eigenvalue weighted by Crippen LogP contribution is -2.40. The molecule has 8 nitrogen and oxygen atoms in total. The van der Waals surface area contributed by atoms with Gasteiger partial charge in [-0.2, -0.15) is 4.31 Å². The number of sulfonamides is 1. The van der Waals surface area contributed by atoms with Gasteiger partial charge in [-0.25, -0.2) is 13.4 Å². The van der Waals surface area contributed by atoms with E-state index in [-0.39, 0.29) is 10.9 Å². The van der Waals surface area contributed by atoms with E-state index in [2.05, 4.69) is 15.0 Å². The van der Waals surface area contributed by atoms with Gasteiger partial charge in [-0.1, -0.05) is 0 Å². The van der Waals surface area contributed by atoms with E-state index in [1.165, 1.54) is 17.6 Å². The topological polar surface area (TPSA) is 99.1 Å². The van der Waals surface area contributed by atoms with Gasteiger partial charge in [0.1, 0.15) is 11.1 Å². The third-order valence-electron chi connectivity index (χ3n) is 3.99. The lowest BCUT2D eigenvalue weighted by Gasteiger charge is -2.25. The molecule has 1 aromatic rings. The number of esters is 1. The molecule has 0 saturated carbocycles. The van der Waals surface area contributed by atoms with Crippen LogP contribution in [0.25, 0.3) is 0 Å². The molecule has 2 N–H and O–H groups in total. The van der Waals surface area contributed by atoms with E-state index in [4.69, 9.17) is 4.74 Å². The summed E-state index contributed by atoms with van der Waals surface area (Å²) in [5.41, 5.74) is 0. The van der Waals surface area contributed by atoms with Crippen molar-refractivity contribution in [3.8, 4) is 0 Å². The molecule has 1 fully saturated rings. The van der Waals surface area contributed by atoms with E-state index >= 15 is 0 Å². The molecule has 0 atom stereocenters. The van der Waals surface area contributed by atoms with Crippen molar-refractivity contribution in [1.82, 2.24) is 4.31 Å². The van der Waals surface area contributed by atoms with Crippen LogP contribution >= 0.6 is 0 Å². The number of pyridine rings is 1. The number of hydrogen-bond acceptors (Lipinski definition) is 6. The average molecular weight is 372 g/mol. The smallest absolute Gasteiger partial charge is 0.305 e. The second kappa shape index (κ2) is 9.69. The highest BCUT2D eigenvalue weighted by molar-refractivity contribution is 7.89. The van der Waals surface area contributed by atoms with Gasteiger partial charge >= 0.3 is 5.97 Å². The SMILES string of the molecule is COC(=O)CCCCCNc1ccc(S(=O)(=O)N2CCOCC2)c[nH+]1. The van der Waals surface area contributed by atoms with Crippen molar-refractivity contribution in [2.24, 2.45) is 0 Å². The summed E-state index contributed by atoms with van der Waals surface area (Å²) in [5, 5.41) is 3.20. The number of rotatable bonds is 9. The van der Waals surface area contributed by atoms with Crippen LogP contribution in [0.3, 0.4) is 0 Å². The Labute approximate surface area is 148 Å². The quantitative estimate of drug-likeness (QED) is 0.505. The summed E-state index contributed by atoms with van der Waals surface area (Å²) in [5.74, 6) is 0.576. The maximum Gasteiger partial charge on any atom is 0.305 e. The number of morpholine rings is 1. The highest BCUT2D eigenvalue weighted by atomic mass is 32.2. The van der Waals surface area contributed by atoms with Gasteiger partial charge in [-0.3, -0.25) is 10.1 Å². The average Bonchev–Trinajstić information content (AvgIpc) is 2.65. The fourth-order valence-electron chi connectivity index (χ4n) is 2.51. The largest absolute Gasteiger partial charge is 0.469 e. The number of nitrogens with one attached hydrogen (secondary N) is 2. The van der Waals surface area contributed by atoms with Gasteiger partial charge in [0, 0.05) is 25.6 Å². The normalized spacial score (nSPS) is 15.7. The molecule has 140 valence electrons. The van der Waals surface area contributed by atoms with E-state index in [0.29, 0.717) is 32.7 Å². The number of hydrogen-bond donors (Lipinski definition) is 1. The van der Waals surface area contributed by atoms with E-state index < -0.39 is 10.0 Å². The van der Waals surface area contributed by atoms with Gasteiger partial charge in [0.05, 0.1) is 26.9 Å². The molecule has 0 aliphatic carbocycles. The highest BCUT2D eigenvalue weighted by Crippen LogP contribution is 2.16. The highest BCUT2D eigenvalue weighted by Gasteiger charge is 2.27. The molecule has 0 aromatic carbocycles. The Morgan fingerprint density at radius 1 is 1.28 bits per heavy atom. The first-order chi connectivity index (χ1) is 12.0. The summed E-state index contributed by atoms with van der Waals surface area (Å²) < 4.78 is 36.2. The number of carbonyl (C=O) groups is 1. The number of aromatic amines is 1. The third-order valence-corrected chi connectivity index (χ3v) is 5.89. The second-order valence-corrected chi connectivity index (χ2v) is 7.71. The van der Waals surface area contributed by atoms with Gasteiger partial charge in [0.2, 0.25) is 10.0 Å². The Kier molecular flexibility index (Phi) is 7.60. The monoisotopic (exact) mass is 372 g/mol.